The van der Waals surface area contributed by atoms with Crippen LogP contribution in [-0.2, 0) is 16.0 Å². The number of fused-ring (bicyclic) bond motifs is 5. The van der Waals surface area contributed by atoms with Gasteiger partial charge in [-0.2, -0.15) is 0 Å². The molecule has 5 atom stereocenters. The van der Waals surface area contributed by atoms with Crippen LogP contribution in [0.3, 0.4) is 0 Å². The Kier molecular flexibility index (Phi) is 3.78. The Morgan fingerprint density at radius 3 is 2.76 bits per heavy atom. The molecule has 3 aliphatic rings. The van der Waals surface area contributed by atoms with Crippen LogP contribution in [0.15, 0.2) is 5.38 Å². The molecule has 0 aliphatic carbocycles. The van der Waals surface area contributed by atoms with Crippen LogP contribution in [0, 0.1) is 11.8 Å². The summed E-state index contributed by atoms with van der Waals surface area (Å²) in [6.07, 6.45) is 3.79. The fourth-order valence-corrected chi connectivity index (χ4v) is 5.12. The van der Waals surface area contributed by atoms with E-state index in [1.54, 1.807) is 11.3 Å². The second-order valence-electron chi connectivity index (χ2n) is 6.59. The Bertz CT molecular complexity index is 488. The third-order valence-corrected chi connectivity index (χ3v) is 6.30. The van der Waals surface area contributed by atoms with Gasteiger partial charge >= 0.3 is 0 Å². The number of ether oxygens (including phenoxy) is 2. The minimum absolute atomic E-state index is 0.121. The molecule has 0 radical (unpaired) electrons. The molecular weight excluding hydrogens is 284 g/mol. The van der Waals surface area contributed by atoms with E-state index in [-0.39, 0.29) is 6.10 Å². The van der Waals surface area contributed by atoms with Crippen LogP contribution < -0.4 is 0 Å². The summed E-state index contributed by atoms with van der Waals surface area (Å²) in [4.78, 5) is 7.34. The molecule has 5 unspecified atom stereocenters. The van der Waals surface area contributed by atoms with E-state index in [4.69, 9.17) is 14.5 Å². The third-order valence-electron chi connectivity index (χ3n) is 5.25. The third kappa shape index (κ3) is 2.54. The number of likely N-dealkylation sites (tertiary alicyclic amines) is 1. The molecule has 2 bridgehead atoms. The number of nitrogens with zero attached hydrogens (tertiary/aromatic N) is 2. The van der Waals surface area contributed by atoms with Crippen LogP contribution in [0.1, 0.15) is 43.5 Å². The maximum atomic E-state index is 6.04. The van der Waals surface area contributed by atoms with Gasteiger partial charge in [-0.05, 0) is 26.7 Å². The van der Waals surface area contributed by atoms with E-state index < -0.39 is 0 Å². The molecule has 116 valence electrons. The summed E-state index contributed by atoms with van der Waals surface area (Å²) in [5.74, 6) is 1.56. The van der Waals surface area contributed by atoms with E-state index in [1.165, 1.54) is 31.6 Å². The molecule has 4 rings (SSSR count). The predicted octanol–water partition coefficient (Wildman–Crippen LogP) is 2.85. The average molecular weight is 308 g/mol. The first-order valence-electron chi connectivity index (χ1n) is 8.18. The van der Waals surface area contributed by atoms with E-state index in [1.807, 2.05) is 6.92 Å². The molecular formula is C16H24N2O2S. The minimum atomic E-state index is 0.121. The van der Waals surface area contributed by atoms with Gasteiger partial charge in [-0.1, -0.05) is 0 Å². The average Bonchev–Trinajstić information content (AvgIpc) is 3.21. The molecule has 0 aromatic carbocycles. The first-order valence-corrected chi connectivity index (χ1v) is 9.06. The number of thiazole rings is 1. The smallest absolute Gasteiger partial charge is 0.122 e. The molecule has 3 saturated heterocycles. The molecule has 1 aromatic rings. The lowest BCUT2D eigenvalue weighted by Gasteiger charge is -2.18. The van der Waals surface area contributed by atoms with Crippen molar-refractivity contribution in [1.82, 2.24) is 9.88 Å². The van der Waals surface area contributed by atoms with E-state index in [9.17, 15) is 0 Å². The Balaban J connectivity index is 1.37. The molecule has 3 fully saturated rings. The van der Waals surface area contributed by atoms with Crippen LogP contribution in [0.2, 0.25) is 0 Å². The van der Waals surface area contributed by atoms with Crippen molar-refractivity contribution in [3.63, 3.8) is 0 Å². The summed E-state index contributed by atoms with van der Waals surface area (Å²) >= 11 is 1.73. The lowest BCUT2D eigenvalue weighted by molar-refractivity contribution is 0.0693. The maximum Gasteiger partial charge on any atom is 0.122 e. The summed E-state index contributed by atoms with van der Waals surface area (Å²) in [5.41, 5.74) is 1.20. The first-order chi connectivity index (χ1) is 10.2. The summed E-state index contributed by atoms with van der Waals surface area (Å²) in [6.45, 7) is 8.24. The van der Waals surface area contributed by atoms with Gasteiger partial charge < -0.3 is 9.47 Å². The van der Waals surface area contributed by atoms with Gasteiger partial charge in [-0.3, -0.25) is 4.90 Å². The van der Waals surface area contributed by atoms with Crippen molar-refractivity contribution in [3.8, 4) is 0 Å². The van der Waals surface area contributed by atoms with Crippen LogP contribution >= 0.6 is 11.3 Å². The molecule has 4 heterocycles. The van der Waals surface area contributed by atoms with Crippen LogP contribution in [0.25, 0.3) is 0 Å². The van der Waals surface area contributed by atoms with Crippen molar-refractivity contribution in [2.45, 2.75) is 51.5 Å². The highest BCUT2D eigenvalue weighted by atomic mass is 32.1. The largest absolute Gasteiger partial charge is 0.374 e. The molecule has 0 spiro atoms. The lowest BCUT2D eigenvalue weighted by Crippen LogP contribution is -2.24. The molecule has 21 heavy (non-hydrogen) atoms. The lowest BCUT2D eigenvalue weighted by atomic mass is 9.82. The molecule has 0 N–H and O–H groups in total. The maximum absolute atomic E-state index is 6.04. The molecule has 0 amide bonds. The van der Waals surface area contributed by atoms with Gasteiger partial charge in [0, 0.05) is 43.5 Å². The van der Waals surface area contributed by atoms with E-state index >= 15 is 0 Å². The second kappa shape index (κ2) is 5.61. The molecule has 5 heteroatoms. The van der Waals surface area contributed by atoms with Crippen molar-refractivity contribution >= 4 is 11.3 Å². The van der Waals surface area contributed by atoms with Crippen LogP contribution in [0.4, 0.5) is 0 Å². The fraction of sp³-hybridized carbons (Fsp3) is 0.812. The zero-order valence-corrected chi connectivity index (χ0v) is 13.6. The number of aromatic nitrogens is 1. The summed E-state index contributed by atoms with van der Waals surface area (Å²) in [5, 5.41) is 3.30. The monoisotopic (exact) mass is 308 g/mol. The highest BCUT2D eigenvalue weighted by molar-refractivity contribution is 7.09. The van der Waals surface area contributed by atoms with Crippen molar-refractivity contribution < 1.29 is 9.47 Å². The second-order valence-corrected chi connectivity index (χ2v) is 7.48. The fourth-order valence-electron chi connectivity index (χ4n) is 4.31. The predicted molar refractivity (Wildman–Crippen MR) is 82.3 cm³/mol. The summed E-state index contributed by atoms with van der Waals surface area (Å²) in [6, 6.07) is 0. The SMILES string of the molecule is CCOC(C)c1nc(CN2CC3C4CCC(O4)C3C2)cs1. The zero-order valence-electron chi connectivity index (χ0n) is 12.8. The van der Waals surface area contributed by atoms with Gasteiger partial charge in [0.25, 0.3) is 0 Å². The van der Waals surface area contributed by atoms with Gasteiger partial charge in [0.1, 0.15) is 11.1 Å². The Labute approximate surface area is 130 Å². The number of hydrogen-bond acceptors (Lipinski definition) is 5. The van der Waals surface area contributed by atoms with Gasteiger partial charge in [-0.25, -0.2) is 4.98 Å². The Hall–Kier alpha value is -0.490. The molecule has 3 aliphatic heterocycles. The normalized spacial score (nSPS) is 36.3. The molecule has 0 saturated carbocycles. The molecule has 4 nitrogen and oxygen atoms in total. The number of rotatable bonds is 5. The van der Waals surface area contributed by atoms with Crippen molar-refractivity contribution in [2.75, 3.05) is 19.7 Å². The Morgan fingerprint density at radius 2 is 2.10 bits per heavy atom. The van der Waals surface area contributed by atoms with Crippen molar-refractivity contribution in [2.24, 2.45) is 11.8 Å². The van der Waals surface area contributed by atoms with E-state index in [0.29, 0.717) is 12.2 Å². The summed E-state index contributed by atoms with van der Waals surface area (Å²) in [7, 11) is 0. The van der Waals surface area contributed by atoms with Gasteiger partial charge in [0.15, 0.2) is 0 Å². The minimum Gasteiger partial charge on any atom is -0.374 e. The van der Waals surface area contributed by atoms with Crippen LogP contribution in [0.5, 0.6) is 0 Å². The number of hydrogen-bond donors (Lipinski definition) is 0. The quantitative estimate of drug-likeness (QED) is 0.838. The topological polar surface area (TPSA) is 34.6 Å². The van der Waals surface area contributed by atoms with Gasteiger partial charge in [-0.15, -0.1) is 11.3 Å². The highest BCUT2D eigenvalue weighted by Crippen LogP contribution is 2.47. The zero-order chi connectivity index (χ0) is 14.4. The van der Waals surface area contributed by atoms with Crippen molar-refractivity contribution in [3.05, 3.63) is 16.1 Å². The van der Waals surface area contributed by atoms with Gasteiger partial charge in [0.2, 0.25) is 0 Å². The molecule has 1 aromatic heterocycles. The van der Waals surface area contributed by atoms with E-state index in [0.717, 1.165) is 30.0 Å². The van der Waals surface area contributed by atoms with Crippen LogP contribution in [-0.4, -0.2) is 41.8 Å². The summed E-state index contributed by atoms with van der Waals surface area (Å²) < 4.78 is 11.7. The first kappa shape index (κ1) is 14.1. The van der Waals surface area contributed by atoms with Gasteiger partial charge in [0.05, 0.1) is 17.9 Å². The van der Waals surface area contributed by atoms with E-state index in [2.05, 4.69) is 17.2 Å². The Morgan fingerprint density at radius 1 is 1.38 bits per heavy atom. The highest BCUT2D eigenvalue weighted by Gasteiger charge is 2.52. The van der Waals surface area contributed by atoms with Crippen molar-refractivity contribution in [1.29, 1.82) is 0 Å². The standard InChI is InChI=1S/C16H24N2O2S/c1-3-19-10(2)16-17-11(9-21-16)6-18-7-12-13(8-18)15-5-4-14(12)20-15/h9-10,12-15H,3-8H2,1-2H3.